The van der Waals surface area contributed by atoms with E-state index in [0.717, 1.165) is 5.56 Å². The van der Waals surface area contributed by atoms with Crippen LogP contribution in [0.3, 0.4) is 0 Å². The molecule has 0 saturated heterocycles. The number of ether oxygens (including phenoxy) is 3. The molecular weight excluding hydrogens is 232 g/mol. The molecule has 0 heterocycles. The minimum atomic E-state index is 0.0522. The fourth-order valence-corrected chi connectivity index (χ4v) is 1.39. The Labute approximate surface area is 108 Å². The van der Waals surface area contributed by atoms with Crippen LogP contribution in [-0.2, 0) is 20.8 Å². The van der Waals surface area contributed by atoms with Gasteiger partial charge < -0.3 is 19.3 Å². The van der Waals surface area contributed by atoms with E-state index in [1.165, 1.54) is 0 Å². The van der Waals surface area contributed by atoms with E-state index in [1.807, 2.05) is 37.3 Å². The van der Waals surface area contributed by atoms with Gasteiger partial charge in [0.25, 0.3) is 0 Å². The van der Waals surface area contributed by atoms with Gasteiger partial charge in [-0.3, -0.25) is 0 Å². The van der Waals surface area contributed by atoms with Gasteiger partial charge in [-0.1, -0.05) is 30.3 Å². The SMILES string of the molecule is C[C@@H](COCCOCCO)OCc1ccccc1. The molecule has 1 rings (SSSR count). The summed E-state index contributed by atoms with van der Waals surface area (Å²) in [5.74, 6) is 0. The third-order valence-corrected chi connectivity index (χ3v) is 2.34. The molecule has 1 aromatic carbocycles. The number of aliphatic hydroxyl groups excluding tert-OH is 1. The molecule has 0 aliphatic heterocycles. The first kappa shape index (κ1) is 15.1. The van der Waals surface area contributed by atoms with Gasteiger partial charge >= 0.3 is 0 Å². The fourth-order valence-electron chi connectivity index (χ4n) is 1.39. The molecular formula is C14H22O4. The molecule has 0 aromatic heterocycles. The van der Waals surface area contributed by atoms with Crippen LogP contribution in [0.25, 0.3) is 0 Å². The molecule has 0 radical (unpaired) electrons. The minimum Gasteiger partial charge on any atom is -0.394 e. The molecule has 4 nitrogen and oxygen atoms in total. The Morgan fingerprint density at radius 2 is 1.78 bits per heavy atom. The highest BCUT2D eigenvalue weighted by Gasteiger charge is 2.02. The molecule has 0 aliphatic carbocycles. The normalized spacial score (nSPS) is 12.6. The van der Waals surface area contributed by atoms with Crippen LogP contribution >= 0.6 is 0 Å². The van der Waals surface area contributed by atoms with Crippen molar-refractivity contribution < 1.29 is 19.3 Å². The van der Waals surface area contributed by atoms with E-state index in [-0.39, 0.29) is 12.7 Å². The zero-order chi connectivity index (χ0) is 13.1. The highest BCUT2D eigenvalue weighted by molar-refractivity contribution is 5.13. The number of aliphatic hydroxyl groups is 1. The standard InChI is InChI=1S/C14H22O4/c1-13(11-17-10-9-16-8-7-15)18-12-14-5-3-2-4-6-14/h2-6,13,15H,7-12H2,1H3/t13-/m0/s1. The molecule has 1 atom stereocenters. The van der Waals surface area contributed by atoms with Gasteiger partial charge in [0.05, 0.1) is 45.7 Å². The molecule has 0 amide bonds. The Bertz CT molecular complexity index is 289. The summed E-state index contributed by atoms with van der Waals surface area (Å²) in [6.45, 7) is 4.59. The topological polar surface area (TPSA) is 47.9 Å². The van der Waals surface area contributed by atoms with Gasteiger partial charge in [0.2, 0.25) is 0 Å². The highest BCUT2D eigenvalue weighted by Crippen LogP contribution is 2.03. The van der Waals surface area contributed by atoms with E-state index < -0.39 is 0 Å². The smallest absolute Gasteiger partial charge is 0.0785 e. The summed E-state index contributed by atoms with van der Waals surface area (Å²) in [4.78, 5) is 0. The van der Waals surface area contributed by atoms with Gasteiger partial charge in [0.15, 0.2) is 0 Å². The van der Waals surface area contributed by atoms with Crippen LogP contribution in [0, 0.1) is 0 Å². The summed E-state index contributed by atoms with van der Waals surface area (Å²) < 4.78 is 16.1. The second-order valence-electron chi connectivity index (χ2n) is 4.02. The molecule has 18 heavy (non-hydrogen) atoms. The Morgan fingerprint density at radius 3 is 2.50 bits per heavy atom. The summed E-state index contributed by atoms with van der Waals surface area (Å²) >= 11 is 0. The van der Waals surface area contributed by atoms with Crippen LogP contribution in [0.15, 0.2) is 30.3 Å². The first-order chi connectivity index (χ1) is 8.83. The van der Waals surface area contributed by atoms with Crippen molar-refractivity contribution in [2.75, 3.05) is 33.0 Å². The Kier molecular flexibility index (Phi) is 8.42. The number of hydrogen-bond donors (Lipinski definition) is 1. The minimum absolute atomic E-state index is 0.0522. The van der Waals surface area contributed by atoms with Gasteiger partial charge in [0.1, 0.15) is 0 Å². The number of hydrogen-bond acceptors (Lipinski definition) is 4. The second-order valence-corrected chi connectivity index (χ2v) is 4.02. The highest BCUT2D eigenvalue weighted by atomic mass is 16.5. The molecule has 0 saturated carbocycles. The lowest BCUT2D eigenvalue weighted by atomic mass is 10.2. The van der Waals surface area contributed by atoms with E-state index in [1.54, 1.807) is 0 Å². The maximum atomic E-state index is 8.50. The summed E-state index contributed by atoms with van der Waals surface area (Å²) in [6, 6.07) is 10.1. The van der Waals surface area contributed by atoms with Crippen molar-refractivity contribution in [1.29, 1.82) is 0 Å². The van der Waals surface area contributed by atoms with E-state index >= 15 is 0 Å². The van der Waals surface area contributed by atoms with Crippen molar-refractivity contribution in [3.63, 3.8) is 0 Å². The van der Waals surface area contributed by atoms with E-state index in [2.05, 4.69) is 0 Å². The number of benzene rings is 1. The molecule has 0 fully saturated rings. The van der Waals surface area contributed by atoms with Crippen molar-refractivity contribution in [3.05, 3.63) is 35.9 Å². The van der Waals surface area contributed by atoms with Crippen molar-refractivity contribution in [3.8, 4) is 0 Å². The van der Waals surface area contributed by atoms with Crippen LogP contribution in [0.2, 0.25) is 0 Å². The lowest BCUT2D eigenvalue weighted by molar-refractivity contribution is -0.0318. The van der Waals surface area contributed by atoms with Crippen LogP contribution in [-0.4, -0.2) is 44.2 Å². The molecule has 0 aliphatic rings. The first-order valence-electron chi connectivity index (χ1n) is 6.25. The zero-order valence-electron chi connectivity index (χ0n) is 10.9. The van der Waals surface area contributed by atoms with E-state index in [9.17, 15) is 0 Å². The second kappa shape index (κ2) is 10.0. The van der Waals surface area contributed by atoms with Crippen LogP contribution < -0.4 is 0 Å². The zero-order valence-corrected chi connectivity index (χ0v) is 10.9. The van der Waals surface area contributed by atoms with Gasteiger partial charge in [0, 0.05) is 0 Å². The lowest BCUT2D eigenvalue weighted by Crippen LogP contribution is -2.18. The molecule has 4 heteroatoms. The fraction of sp³-hybridized carbons (Fsp3) is 0.571. The summed E-state index contributed by atoms with van der Waals surface area (Å²) in [5, 5.41) is 8.50. The van der Waals surface area contributed by atoms with Gasteiger partial charge in [-0.25, -0.2) is 0 Å². The number of rotatable bonds is 10. The van der Waals surface area contributed by atoms with Crippen LogP contribution in [0.5, 0.6) is 0 Å². The molecule has 102 valence electrons. The van der Waals surface area contributed by atoms with E-state index in [4.69, 9.17) is 19.3 Å². The Balaban J connectivity index is 1.99. The van der Waals surface area contributed by atoms with E-state index in [0.29, 0.717) is 33.0 Å². The summed E-state index contributed by atoms with van der Waals surface area (Å²) in [5.41, 5.74) is 1.16. The molecule has 1 aromatic rings. The maximum Gasteiger partial charge on any atom is 0.0785 e. The third kappa shape index (κ3) is 7.40. The largest absolute Gasteiger partial charge is 0.394 e. The predicted octanol–water partition coefficient (Wildman–Crippen LogP) is 1.62. The lowest BCUT2D eigenvalue weighted by Gasteiger charge is -2.13. The summed E-state index contributed by atoms with van der Waals surface area (Å²) in [6.07, 6.45) is 0.0584. The summed E-state index contributed by atoms with van der Waals surface area (Å²) in [7, 11) is 0. The van der Waals surface area contributed by atoms with Crippen molar-refractivity contribution >= 4 is 0 Å². The maximum absolute atomic E-state index is 8.50. The monoisotopic (exact) mass is 254 g/mol. The average molecular weight is 254 g/mol. The third-order valence-electron chi connectivity index (χ3n) is 2.34. The molecule has 0 unspecified atom stereocenters. The molecule has 0 bridgehead atoms. The van der Waals surface area contributed by atoms with Crippen molar-refractivity contribution in [1.82, 2.24) is 0 Å². The van der Waals surface area contributed by atoms with Crippen LogP contribution in [0.1, 0.15) is 12.5 Å². The van der Waals surface area contributed by atoms with Gasteiger partial charge in [-0.15, -0.1) is 0 Å². The average Bonchev–Trinajstić information content (AvgIpc) is 2.41. The molecule has 1 N–H and O–H groups in total. The Hall–Kier alpha value is -0.940. The predicted molar refractivity (Wildman–Crippen MR) is 69.4 cm³/mol. The van der Waals surface area contributed by atoms with Gasteiger partial charge in [-0.2, -0.15) is 0 Å². The molecule has 0 spiro atoms. The first-order valence-corrected chi connectivity index (χ1v) is 6.25. The van der Waals surface area contributed by atoms with Crippen molar-refractivity contribution in [2.24, 2.45) is 0 Å². The quantitative estimate of drug-likeness (QED) is 0.645. The van der Waals surface area contributed by atoms with Crippen LogP contribution in [0.4, 0.5) is 0 Å². The van der Waals surface area contributed by atoms with Gasteiger partial charge in [-0.05, 0) is 12.5 Å². The van der Waals surface area contributed by atoms with Crippen molar-refractivity contribution in [2.45, 2.75) is 19.6 Å². The Morgan fingerprint density at radius 1 is 1.06 bits per heavy atom.